The molecular weight excluding hydrogens is 945 g/mol. The molecule has 0 spiro atoms. The monoisotopic (exact) mass is 997 g/mol. The minimum Gasteiger partial charge on any atom is -0.507 e. The number of piperazine rings is 1. The van der Waals surface area contributed by atoms with Gasteiger partial charge in [0.1, 0.15) is 29.1 Å². The van der Waals surface area contributed by atoms with Crippen LogP contribution in [0.25, 0.3) is 28.0 Å². The number of hydrogen-bond donors (Lipinski definition) is 4. The number of aromatic hydroxyl groups is 1. The third-order valence-electron chi connectivity index (χ3n) is 14.3. The highest BCUT2D eigenvalue weighted by Crippen LogP contribution is 2.39. The van der Waals surface area contributed by atoms with E-state index in [1.54, 1.807) is 16.7 Å². The van der Waals surface area contributed by atoms with Gasteiger partial charge in [0.25, 0.3) is 11.8 Å². The second-order valence-corrected chi connectivity index (χ2v) is 19.3. The number of pyridine rings is 1. The van der Waals surface area contributed by atoms with Crippen molar-refractivity contribution < 1.29 is 47.4 Å². The van der Waals surface area contributed by atoms with Crippen LogP contribution in [0, 0.1) is 30.4 Å². The van der Waals surface area contributed by atoms with Crippen molar-refractivity contribution in [2.75, 3.05) is 29.9 Å². The van der Waals surface area contributed by atoms with Gasteiger partial charge < -0.3 is 25.5 Å². The van der Waals surface area contributed by atoms with Crippen LogP contribution < -0.4 is 26.5 Å². The van der Waals surface area contributed by atoms with Gasteiger partial charge in [-0.2, -0.15) is 4.98 Å². The summed E-state index contributed by atoms with van der Waals surface area (Å²) in [5.74, 6) is -6.97. The smallest absolute Gasteiger partial charge is 0.355 e. The van der Waals surface area contributed by atoms with Crippen LogP contribution >= 0.6 is 0 Å². The van der Waals surface area contributed by atoms with Crippen molar-refractivity contribution in [2.45, 2.75) is 90.8 Å². The standard InChI is InChI=1S/C53H53F2N9O9/c1-6-41(67)61-19-20-62(28(5)25-61)46-34-23-36(55)44(43-35(54)10-8-12-39(43)65)59-47(34)64(53(73)60-46)45-27(4)21-29(22-33(45)26(2)3)24-56-48(68)30-13-15-31(16-14-30)49(69)57-37-11-7-9-32-42(37)52(72)63(51(32)71)38-17-18-40(66)58-50(38)70/h6-12,21-23,26,28,30-31,38,65H,1,13-20,24-25H2,2-5H3,(H,56,68)(H,57,69)(H,58,66,70)/t28-,30?,31?,38?/m0/s1. The molecule has 73 heavy (non-hydrogen) atoms. The zero-order valence-corrected chi connectivity index (χ0v) is 40.6. The average molecular weight is 998 g/mol. The van der Waals surface area contributed by atoms with Gasteiger partial charge in [-0.15, -0.1) is 0 Å². The van der Waals surface area contributed by atoms with Crippen LogP contribution in [-0.4, -0.2) is 103 Å². The van der Waals surface area contributed by atoms with E-state index in [1.165, 1.54) is 41.0 Å². The fourth-order valence-electron chi connectivity index (χ4n) is 10.6. The summed E-state index contributed by atoms with van der Waals surface area (Å²) < 4.78 is 33.0. The lowest BCUT2D eigenvalue weighted by Gasteiger charge is -2.40. The maximum absolute atomic E-state index is 16.3. The van der Waals surface area contributed by atoms with Gasteiger partial charge in [0.2, 0.25) is 29.5 Å². The Morgan fingerprint density at radius 1 is 0.890 bits per heavy atom. The summed E-state index contributed by atoms with van der Waals surface area (Å²) in [5, 5.41) is 18.9. The van der Waals surface area contributed by atoms with E-state index in [4.69, 9.17) is 0 Å². The number of anilines is 2. The van der Waals surface area contributed by atoms with Crippen LogP contribution in [0.4, 0.5) is 20.3 Å². The number of nitrogens with zero attached hydrogens (tertiary/aromatic N) is 6. The molecule has 0 bridgehead atoms. The molecule has 378 valence electrons. The van der Waals surface area contributed by atoms with E-state index in [-0.39, 0.29) is 102 Å². The van der Waals surface area contributed by atoms with Gasteiger partial charge in [0.05, 0.1) is 33.5 Å². The number of aromatic nitrogens is 3. The molecule has 1 unspecified atom stereocenters. The highest BCUT2D eigenvalue weighted by molar-refractivity contribution is 6.26. The van der Waals surface area contributed by atoms with Gasteiger partial charge in [0, 0.05) is 50.5 Å². The minimum atomic E-state index is -1.16. The Labute approximate surface area is 417 Å². The molecule has 3 fully saturated rings. The lowest BCUT2D eigenvalue weighted by Crippen LogP contribution is -2.54. The molecule has 4 N–H and O–H groups in total. The summed E-state index contributed by atoms with van der Waals surface area (Å²) in [6.07, 6.45) is 2.72. The summed E-state index contributed by atoms with van der Waals surface area (Å²) in [4.78, 5) is 119. The third-order valence-corrected chi connectivity index (χ3v) is 14.3. The fourth-order valence-corrected chi connectivity index (χ4v) is 10.6. The lowest BCUT2D eigenvalue weighted by atomic mass is 9.81. The SMILES string of the molecule is C=CC(=O)N1CCN(c2nc(=O)n(-c3c(C)cc(CNC(=O)C4CCC(C(=O)Nc5cccc6c5C(=O)N(C5CCC(=O)NC5=O)C6=O)CC4)cc3C(C)C)c3nc(-c4c(O)cccc4F)c(F)cc23)[C@@H](C)C1. The van der Waals surface area contributed by atoms with E-state index in [2.05, 4.69) is 32.5 Å². The molecule has 3 aromatic carbocycles. The molecular formula is C53H53F2N9O9. The molecule has 2 saturated heterocycles. The van der Waals surface area contributed by atoms with Crippen LogP contribution in [0.2, 0.25) is 0 Å². The van der Waals surface area contributed by atoms with Crippen molar-refractivity contribution in [3.63, 3.8) is 0 Å². The van der Waals surface area contributed by atoms with Crippen molar-refractivity contribution in [1.82, 2.24) is 35.0 Å². The lowest BCUT2D eigenvalue weighted by molar-refractivity contribution is -0.136. The summed E-state index contributed by atoms with van der Waals surface area (Å²) in [7, 11) is 0. The first-order valence-electron chi connectivity index (χ1n) is 24.2. The topological polar surface area (TPSA) is 233 Å². The quantitative estimate of drug-likeness (QED) is 0.0943. The summed E-state index contributed by atoms with van der Waals surface area (Å²) >= 11 is 0. The van der Waals surface area contributed by atoms with E-state index >= 15 is 8.78 Å². The van der Waals surface area contributed by atoms with Gasteiger partial charge in [-0.3, -0.25) is 43.8 Å². The van der Waals surface area contributed by atoms with Crippen molar-refractivity contribution >= 4 is 63.9 Å². The van der Waals surface area contributed by atoms with Crippen LogP contribution in [-0.2, 0) is 30.5 Å². The number of hydrogen-bond acceptors (Lipinski definition) is 12. The third kappa shape index (κ3) is 9.21. The Kier molecular flexibility index (Phi) is 13.5. The van der Waals surface area contributed by atoms with Crippen molar-refractivity contribution in [3.05, 3.63) is 117 Å². The van der Waals surface area contributed by atoms with E-state index in [1.807, 2.05) is 32.9 Å². The fraction of sp³-hybridized carbons (Fsp3) is 0.358. The van der Waals surface area contributed by atoms with Crippen LogP contribution in [0.1, 0.15) is 103 Å². The Morgan fingerprint density at radius 3 is 2.27 bits per heavy atom. The van der Waals surface area contributed by atoms with Gasteiger partial charge in [0.15, 0.2) is 11.5 Å². The molecule has 1 aliphatic carbocycles. The van der Waals surface area contributed by atoms with Crippen molar-refractivity contribution in [2.24, 2.45) is 11.8 Å². The number of amides is 7. The molecule has 0 radical (unpaired) electrons. The number of aryl methyl sites for hydroxylation is 1. The van der Waals surface area contributed by atoms with Crippen molar-refractivity contribution in [3.8, 4) is 22.7 Å². The maximum atomic E-state index is 16.3. The average Bonchev–Trinajstić information content (AvgIpc) is 3.61. The second kappa shape index (κ2) is 19.8. The van der Waals surface area contributed by atoms with Crippen molar-refractivity contribution in [1.29, 1.82) is 0 Å². The van der Waals surface area contributed by atoms with E-state index < -0.39 is 75.8 Å². The zero-order valence-electron chi connectivity index (χ0n) is 40.6. The maximum Gasteiger partial charge on any atom is 0.355 e. The Balaban J connectivity index is 0.931. The summed E-state index contributed by atoms with van der Waals surface area (Å²) in [6, 6.07) is 11.3. The van der Waals surface area contributed by atoms with E-state index in [0.29, 0.717) is 48.1 Å². The predicted molar refractivity (Wildman–Crippen MR) is 264 cm³/mol. The Morgan fingerprint density at radius 2 is 1.60 bits per heavy atom. The van der Waals surface area contributed by atoms with Gasteiger partial charge in [-0.25, -0.2) is 23.1 Å². The molecule has 5 aromatic rings. The number of carbonyl (C=O) groups is 7. The number of piperidine rings is 1. The molecule has 3 aliphatic heterocycles. The van der Waals surface area contributed by atoms with Crippen LogP contribution in [0.3, 0.4) is 0 Å². The number of phenolic OH excluding ortho intramolecular Hbond substituents is 1. The first-order chi connectivity index (χ1) is 34.9. The normalized spacial score (nSPS) is 20.1. The van der Waals surface area contributed by atoms with Gasteiger partial charge in [-0.05, 0) is 105 Å². The molecule has 2 atom stereocenters. The molecule has 20 heteroatoms. The summed E-state index contributed by atoms with van der Waals surface area (Å²) in [6.45, 7) is 12.0. The molecule has 2 aromatic heterocycles. The first-order valence-corrected chi connectivity index (χ1v) is 24.2. The number of imide groups is 2. The molecule has 7 amide bonds. The van der Waals surface area contributed by atoms with E-state index in [0.717, 1.165) is 17.0 Å². The molecule has 1 saturated carbocycles. The molecule has 18 nitrogen and oxygen atoms in total. The number of phenols is 1. The van der Waals surface area contributed by atoms with E-state index in [9.17, 15) is 43.5 Å². The zero-order chi connectivity index (χ0) is 52.2. The predicted octanol–water partition coefficient (Wildman–Crippen LogP) is 5.55. The number of rotatable bonds is 11. The highest BCUT2D eigenvalue weighted by Gasteiger charge is 2.46. The molecule has 5 heterocycles. The number of fused-ring (bicyclic) bond motifs is 2. The minimum absolute atomic E-state index is 0.00737. The van der Waals surface area contributed by atoms with Crippen LogP contribution in [0.5, 0.6) is 5.75 Å². The largest absolute Gasteiger partial charge is 0.507 e. The number of carbonyl (C=O) groups excluding carboxylic acids is 7. The highest BCUT2D eigenvalue weighted by atomic mass is 19.1. The van der Waals surface area contributed by atoms with Gasteiger partial charge >= 0.3 is 5.69 Å². The Bertz CT molecular complexity index is 3240. The Hall–Kier alpha value is -8.16. The number of benzene rings is 3. The number of nitrogens with one attached hydrogen (secondary N) is 3. The molecule has 4 aliphatic rings. The van der Waals surface area contributed by atoms with Crippen LogP contribution in [0.15, 0.2) is 72.0 Å². The second-order valence-electron chi connectivity index (χ2n) is 19.3. The number of halogens is 2. The van der Waals surface area contributed by atoms with Gasteiger partial charge in [-0.1, -0.05) is 44.7 Å². The summed E-state index contributed by atoms with van der Waals surface area (Å²) in [5.41, 5.74) is 0.695. The first kappa shape index (κ1) is 49.8. The molecule has 9 rings (SSSR count).